The van der Waals surface area contributed by atoms with Gasteiger partial charge in [-0.15, -0.1) is 0 Å². The van der Waals surface area contributed by atoms with Gasteiger partial charge in [0.15, 0.2) is 0 Å². The molecule has 5 heteroatoms. The molecule has 0 bridgehead atoms. The van der Waals surface area contributed by atoms with E-state index >= 15 is 0 Å². The zero-order chi connectivity index (χ0) is 5.41. The standard InChI is InChI=1S/2CHNO.Ag/c2*2-1-3;/h2*3H;/q;;+2/p-2. The SMILES string of the molecule is N#C[O-].N#C[O-].[Ag+2]. The molecule has 4 nitrogen and oxygen atoms in total. The Hall–Kier alpha value is -0.680. The summed E-state index contributed by atoms with van der Waals surface area (Å²) < 4.78 is 0. The number of hydrogen-bond donors (Lipinski definition) is 0. The Bertz CT molecular complexity index is 68.7. The van der Waals surface area contributed by atoms with Gasteiger partial charge >= 0.3 is 22.4 Å². The van der Waals surface area contributed by atoms with Crippen molar-refractivity contribution in [3.05, 3.63) is 0 Å². The molecule has 0 aliphatic rings. The molecule has 0 N–H and O–H groups in total. The molecule has 0 rings (SSSR count). The zero-order valence-electron chi connectivity index (χ0n) is 3.01. The first kappa shape index (κ1) is 16.2. The Kier molecular flexibility index (Phi) is 132. The second-order valence-corrected chi connectivity index (χ2v) is 0.183. The number of rotatable bonds is 0. The number of hydrogen-bond acceptors (Lipinski definition) is 4. The predicted octanol–water partition coefficient (Wildman–Crippen LogP) is -2.35. The topological polar surface area (TPSA) is 93.7 Å². The monoisotopic (exact) mass is 191 g/mol. The van der Waals surface area contributed by atoms with E-state index in [1.54, 1.807) is 0 Å². The first-order chi connectivity index (χ1) is 2.83. The van der Waals surface area contributed by atoms with Gasteiger partial charge < -0.3 is 10.2 Å². The van der Waals surface area contributed by atoms with Crippen LogP contribution >= 0.6 is 0 Å². The summed E-state index contributed by atoms with van der Waals surface area (Å²) in [6, 6.07) is 0. The van der Waals surface area contributed by atoms with Crippen LogP contribution in [0.25, 0.3) is 0 Å². The van der Waals surface area contributed by atoms with Gasteiger partial charge in [-0.2, -0.15) is 0 Å². The van der Waals surface area contributed by atoms with Crippen LogP contribution in [0.5, 0.6) is 0 Å². The van der Waals surface area contributed by atoms with E-state index in [1.165, 1.54) is 0 Å². The van der Waals surface area contributed by atoms with Crippen molar-refractivity contribution in [3.63, 3.8) is 0 Å². The fourth-order valence-electron chi connectivity index (χ4n) is 0. The Morgan fingerprint density at radius 2 is 1.00 bits per heavy atom. The number of nitrogens with zero attached hydrogens (tertiary/aromatic N) is 2. The molecular weight excluding hydrogens is 192 g/mol. The minimum atomic E-state index is 0. The average molecular weight is 192 g/mol. The summed E-state index contributed by atoms with van der Waals surface area (Å²) in [5, 5.41) is 30.0. The van der Waals surface area contributed by atoms with Crippen molar-refractivity contribution in [2.75, 3.05) is 0 Å². The van der Waals surface area contributed by atoms with Crippen LogP contribution in [0.2, 0.25) is 0 Å². The van der Waals surface area contributed by atoms with Crippen LogP contribution in [0, 0.1) is 23.0 Å². The van der Waals surface area contributed by atoms with E-state index < -0.39 is 0 Å². The van der Waals surface area contributed by atoms with Crippen LogP contribution in [-0.4, -0.2) is 0 Å². The van der Waals surface area contributed by atoms with Crippen LogP contribution < -0.4 is 10.2 Å². The second kappa shape index (κ2) is 57.0. The quantitative estimate of drug-likeness (QED) is 0.317. The molecule has 0 amide bonds. The zero-order valence-corrected chi connectivity index (χ0v) is 4.49. The molecule has 0 saturated heterocycles. The Labute approximate surface area is 56.1 Å². The van der Waals surface area contributed by atoms with E-state index in [-0.39, 0.29) is 22.4 Å². The van der Waals surface area contributed by atoms with Gasteiger partial charge in [0.2, 0.25) is 0 Å². The van der Waals surface area contributed by atoms with Crippen LogP contribution in [0.4, 0.5) is 0 Å². The smallest absolute Gasteiger partial charge is 0.812 e. The van der Waals surface area contributed by atoms with Gasteiger partial charge in [-0.05, 0) is 0 Å². The van der Waals surface area contributed by atoms with Gasteiger partial charge in [0.1, 0.15) is 0 Å². The summed E-state index contributed by atoms with van der Waals surface area (Å²) in [6.45, 7) is 0. The van der Waals surface area contributed by atoms with Gasteiger partial charge in [-0.25, -0.2) is 10.5 Å². The van der Waals surface area contributed by atoms with Gasteiger partial charge in [-0.3, -0.25) is 0 Å². The maximum Gasteiger partial charge on any atom is 2.00 e. The Morgan fingerprint density at radius 1 is 1.00 bits per heavy atom. The largest absolute Gasteiger partial charge is 2.00 e. The fraction of sp³-hybridized carbons (Fsp3) is 0. The van der Waals surface area contributed by atoms with E-state index in [0.717, 1.165) is 0 Å². The van der Waals surface area contributed by atoms with Crippen molar-refractivity contribution >= 4 is 0 Å². The first-order valence-electron chi connectivity index (χ1n) is 0.855. The molecule has 0 aromatic heterocycles. The molecule has 0 unspecified atom stereocenters. The van der Waals surface area contributed by atoms with Gasteiger partial charge in [0.25, 0.3) is 0 Å². The fourth-order valence-corrected chi connectivity index (χ4v) is 0. The molecule has 0 aliphatic heterocycles. The molecule has 7 heavy (non-hydrogen) atoms. The molecule has 1 radical (unpaired) electrons. The van der Waals surface area contributed by atoms with E-state index in [4.69, 9.17) is 20.7 Å². The molecule has 0 aromatic rings. The third-order valence-corrected chi connectivity index (χ3v) is 0. The van der Waals surface area contributed by atoms with Gasteiger partial charge in [-0.1, -0.05) is 0 Å². The van der Waals surface area contributed by atoms with Crippen molar-refractivity contribution in [2.24, 2.45) is 0 Å². The molecule has 0 atom stereocenters. The Balaban J connectivity index is -0.0000000400. The molecule has 0 aromatic carbocycles. The molecule has 0 heterocycles. The maximum absolute atomic E-state index is 8.24. The third kappa shape index (κ3) is 127. The predicted molar refractivity (Wildman–Crippen MR) is 11.2 cm³/mol. The van der Waals surface area contributed by atoms with Crippen LogP contribution in [0.1, 0.15) is 0 Å². The molecule has 0 fully saturated rings. The normalized spacial score (nSPS) is 2.00. The van der Waals surface area contributed by atoms with Crippen molar-refractivity contribution in [3.8, 4) is 12.5 Å². The van der Waals surface area contributed by atoms with Crippen LogP contribution in [-0.2, 0) is 22.4 Å². The molecule has 0 aliphatic carbocycles. The summed E-state index contributed by atoms with van der Waals surface area (Å²) in [4.78, 5) is 0. The summed E-state index contributed by atoms with van der Waals surface area (Å²) in [5.41, 5.74) is 0. The maximum atomic E-state index is 8.24. The van der Waals surface area contributed by atoms with Crippen molar-refractivity contribution in [1.29, 1.82) is 10.5 Å². The van der Waals surface area contributed by atoms with E-state index in [0.29, 0.717) is 12.5 Å². The summed E-state index contributed by atoms with van der Waals surface area (Å²) in [7, 11) is 0. The van der Waals surface area contributed by atoms with Crippen molar-refractivity contribution < 1.29 is 32.6 Å². The van der Waals surface area contributed by atoms with Crippen LogP contribution in [0.15, 0.2) is 0 Å². The van der Waals surface area contributed by atoms with E-state index in [9.17, 15) is 0 Å². The molecule has 0 spiro atoms. The molecule has 0 saturated carbocycles. The second-order valence-electron chi connectivity index (χ2n) is 0.183. The Morgan fingerprint density at radius 3 is 1.00 bits per heavy atom. The van der Waals surface area contributed by atoms with Crippen molar-refractivity contribution in [2.45, 2.75) is 0 Å². The minimum Gasteiger partial charge on any atom is -0.812 e. The number of nitriles is 2. The van der Waals surface area contributed by atoms with Gasteiger partial charge in [0.05, 0.1) is 0 Å². The summed E-state index contributed by atoms with van der Waals surface area (Å²) in [6.07, 6.45) is 1.00. The van der Waals surface area contributed by atoms with Gasteiger partial charge in [0, 0.05) is 12.5 Å². The third-order valence-electron chi connectivity index (χ3n) is 0. The average Bonchev–Trinajstić information content (AvgIpc) is 1.39. The van der Waals surface area contributed by atoms with E-state index in [1.807, 2.05) is 0 Å². The molecule has 41 valence electrons. The molecular formula is C2AgN2O2. The van der Waals surface area contributed by atoms with E-state index in [2.05, 4.69) is 0 Å². The minimum absolute atomic E-state index is 0. The summed E-state index contributed by atoms with van der Waals surface area (Å²) in [5.74, 6) is 0. The first-order valence-corrected chi connectivity index (χ1v) is 0.855. The summed E-state index contributed by atoms with van der Waals surface area (Å²) >= 11 is 0. The van der Waals surface area contributed by atoms with Crippen LogP contribution in [0.3, 0.4) is 0 Å². The van der Waals surface area contributed by atoms with Crippen molar-refractivity contribution in [1.82, 2.24) is 0 Å².